The number of nitrogens with one attached hydrogen (secondary N) is 1. The highest BCUT2D eigenvalue weighted by Gasteiger charge is 2.45. The molecular formula is C23H30N4O4. The number of carbonyl (C=O) groups is 4. The molecule has 3 atom stereocenters. The maximum Gasteiger partial charge on any atom is 0.262 e. The van der Waals surface area contributed by atoms with Gasteiger partial charge < -0.3 is 4.90 Å². The Bertz CT molecular complexity index is 955. The molecule has 0 saturated carbocycles. The number of hydrogen-bond acceptors (Lipinski definition) is 6. The summed E-state index contributed by atoms with van der Waals surface area (Å²) >= 11 is 0. The van der Waals surface area contributed by atoms with Gasteiger partial charge in [0.15, 0.2) is 0 Å². The summed E-state index contributed by atoms with van der Waals surface area (Å²) in [6.45, 7) is 12.7. The van der Waals surface area contributed by atoms with Crippen molar-refractivity contribution in [3.05, 3.63) is 29.3 Å². The van der Waals surface area contributed by atoms with Crippen LogP contribution in [0.3, 0.4) is 0 Å². The van der Waals surface area contributed by atoms with Gasteiger partial charge in [0, 0.05) is 42.8 Å². The number of piperazine rings is 1. The molecule has 31 heavy (non-hydrogen) atoms. The molecule has 1 N–H and O–H groups in total. The third-order valence-corrected chi connectivity index (χ3v) is 6.48. The molecule has 4 rings (SSSR count). The summed E-state index contributed by atoms with van der Waals surface area (Å²) in [7, 11) is 0. The lowest BCUT2D eigenvalue weighted by molar-refractivity contribution is -0.136. The van der Waals surface area contributed by atoms with E-state index in [9.17, 15) is 19.2 Å². The first-order valence-corrected chi connectivity index (χ1v) is 10.9. The molecule has 4 amide bonds. The van der Waals surface area contributed by atoms with E-state index in [1.54, 1.807) is 12.1 Å². The second-order valence-corrected chi connectivity index (χ2v) is 9.86. The van der Waals surface area contributed by atoms with Crippen LogP contribution in [0, 0.1) is 0 Å². The number of benzene rings is 1. The zero-order valence-corrected chi connectivity index (χ0v) is 18.8. The molecule has 0 aliphatic carbocycles. The number of fused-ring (bicyclic) bond motifs is 1. The van der Waals surface area contributed by atoms with E-state index in [4.69, 9.17) is 0 Å². The molecule has 1 aromatic rings. The molecular weight excluding hydrogens is 396 g/mol. The standard InChI is InChI=1S/C23H30N4O4/c1-13-11-25(12-14(2)27(13)23(3,4)5)15-6-7-16-17(10-15)22(31)26(21(16)30)18-8-9-19(28)24-20(18)29/h6-7,10,13-14,18H,8-9,11-12H2,1-5H3,(H,24,28,29)/t13?,14?,18-/m0/s1. The lowest BCUT2D eigenvalue weighted by Gasteiger charge is -2.51. The second-order valence-electron chi connectivity index (χ2n) is 9.86. The molecule has 8 nitrogen and oxygen atoms in total. The molecule has 0 aromatic heterocycles. The lowest BCUT2D eigenvalue weighted by Crippen LogP contribution is -2.62. The molecule has 0 radical (unpaired) electrons. The minimum absolute atomic E-state index is 0.0632. The van der Waals surface area contributed by atoms with Crippen molar-refractivity contribution in [3.8, 4) is 0 Å². The van der Waals surface area contributed by atoms with Crippen molar-refractivity contribution in [3.63, 3.8) is 0 Å². The summed E-state index contributed by atoms with van der Waals surface area (Å²) in [5.41, 5.74) is 1.60. The highest BCUT2D eigenvalue weighted by atomic mass is 16.2. The Morgan fingerprint density at radius 1 is 0.935 bits per heavy atom. The topological polar surface area (TPSA) is 90.0 Å². The number of imide groups is 2. The van der Waals surface area contributed by atoms with Crippen LogP contribution < -0.4 is 10.2 Å². The molecule has 0 spiro atoms. The van der Waals surface area contributed by atoms with Crippen molar-refractivity contribution in [2.75, 3.05) is 18.0 Å². The first-order chi connectivity index (χ1) is 14.5. The molecule has 2 fully saturated rings. The van der Waals surface area contributed by atoms with Crippen LogP contribution in [0.5, 0.6) is 0 Å². The predicted molar refractivity (Wildman–Crippen MR) is 116 cm³/mol. The highest BCUT2D eigenvalue weighted by molar-refractivity contribution is 6.23. The Hall–Kier alpha value is -2.74. The minimum atomic E-state index is -0.941. The van der Waals surface area contributed by atoms with Crippen molar-refractivity contribution in [1.29, 1.82) is 0 Å². The molecule has 1 aromatic carbocycles. The fraction of sp³-hybridized carbons (Fsp3) is 0.565. The summed E-state index contributed by atoms with van der Waals surface area (Å²) < 4.78 is 0. The molecule has 0 bridgehead atoms. The van der Waals surface area contributed by atoms with E-state index in [0.29, 0.717) is 23.2 Å². The smallest absolute Gasteiger partial charge is 0.262 e. The second kappa shape index (κ2) is 7.44. The first kappa shape index (κ1) is 21.5. The predicted octanol–water partition coefficient (Wildman–Crippen LogP) is 1.79. The summed E-state index contributed by atoms with van der Waals surface area (Å²) in [4.78, 5) is 55.5. The van der Waals surface area contributed by atoms with Crippen molar-refractivity contribution in [2.24, 2.45) is 0 Å². The van der Waals surface area contributed by atoms with Crippen LogP contribution in [0.2, 0.25) is 0 Å². The quantitative estimate of drug-likeness (QED) is 0.725. The minimum Gasteiger partial charge on any atom is -0.368 e. The normalized spacial score (nSPS) is 27.6. The van der Waals surface area contributed by atoms with Gasteiger partial charge in [0.05, 0.1) is 11.1 Å². The van der Waals surface area contributed by atoms with Gasteiger partial charge in [-0.25, -0.2) is 0 Å². The molecule has 2 unspecified atom stereocenters. The van der Waals surface area contributed by atoms with Crippen LogP contribution in [0.25, 0.3) is 0 Å². The van der Waals surface area contributed by atoms with E-state index < -0.39 is 23.8 Å². The number of carbonyl (C=O) groups excluding carboxylic acids is 4. The monoisotopic (exact) mass is 426 g/mol. The molecule has 3 aliphatic rings. The van der Waals surface area contributed by atoms with Gasteiger partial charge in [0.2, 0.25) is 11.8 Å². The average Bonchev–Trinajstić information content (AvgIpc) is 2.90. The van der Waals surface area contributed by atoms with E-state index >= 15 is 0 Å². The van der Waals surface area contributed by atoms with Crippen LogP contribution in [-0.4, -0.2) is 70.2 Å². The highest BCUT2D eigenvalue weighted by Crippen LogP contribution is 2.33. The largest absolute Gasteiger partial charge is 0.368 e. The average molecular weight is 427 g/mol. The van der Waals surface area contributed by atoms with Crippen LogP contribution in [0.4, 0.5) is 5.69 Å². The van der Waals surface area contributed by atoms with Gasteiger partial charge in [-0.3, -0.25) is 34.3 Å². The van der Waals surface area contributed by atoms with Crippen LogP contribution in [0.1, 0.15) is 68.2 Å². The van der Waals surface area contributed by atoms with Crippen molar-refractivity contribution in [2.45, 2.75) is 71.1 Å². The van der Waals surface area contributed by atoms with E-state index in [1.165, 1.54) is 0 Å². The number of anilines is 1. The molecule has 3 aliphatic heterocycles. The molecule has 3 heterocycles. The Labute approximate surface area is 182 Å². The lowest BCUT2D eigenvalue weighted by atomic mass is 9.96. The SMILES string of the molecule is CC1CN(c2ccc3c(c2)C(=O)N([C@H]2CCC(=O)NC2=O)C3=O)CC(C)N1C(C)(C)C. The van der Waals surface area contributed by atoms with Crippen LogP contribution in [-0.2, 0) is 9.59 Å². The summed E-state index contributed by atoms with van der Waals surface area (Å²) in [5, 5.41) is 2.23. The zero-order valence-electron chi connectivity index (χ0n) is 18.8. The van der Waals surface area contributed by atoms with E-state index in [0.717, 1.165) is 23.7 Å². The first-order valence-electron chi connectivity index (χ1n) is 10.9. The van der Waals surface area contributed by atoms with Gasteiger partial charge in [0.25, 0.3) is 11.8 Å². The van der Waals surface area contributed by atoms with Gasteiger partial charge in [-0.15, -0.1) is 0 Å². The number of nitrogens with zero attached hydrogens (tertiary/aromatic N) is 3. The van der Waals surface area contributed by atoms with E-state index in [1.807, 2.05) is 6.07 Å². The van der Waals surface area contributed by atoms with Crippen LogP contribution >= 0.6 is 0 Å². The Kier molecular flexibility index (Phi) is 5.16. The summed E-state index contributed by atoms with van der Waals surface area (Å²) in [6, 6.07) is 5.05. The molecule has 2 saturated heterocycles. The van der Waals surface area contributed by atoms with Gasteiger partial charge >= 0.3 is 0 Å². The summed E-state index contributed by atoms with van der Waals surface area (Å²) in [6.07, 6.45) is 0.273. The maximum atomic E-state index is 13.1. The summed E-state index contributed by atoms with van der Waals surface area (Å²) in [5.74, 6) is -1.91. The van der Waals surface area contributed by atoms with Crippen LogP contribution in [0.15, 0.2) is 18.2 Å². The number of amides is 4. The van der Waals surface area contributed by atoms with Crippen molar-refractivity contribution in [1.82, 2.24) is 15.1 Å². The van der Waals surface area contributed by atoms with Gasteiger partial charge in [-0.2, -0.15) is 0 Å². The van der Waals surface area contributed by atoms with Crippen molar-refractivity contribution >= 4 is 29.3 Å². The Balaban J connectivity index is 1.58. The van der Waals surface area contributed by atoms with E-state index in [-0.39, 0.29) is 24.3 Å². The Morgan fingerprint density at radius 3 is 2.13 bits per heavy atom. The third-order valence-electron chi connectivity index (χ3n) is 6.48. The Morgan fingerprint density at radius 2 is 1.55 bits per heavy atom. The van der Waals surface area contributed by atoms with E-state index in [2.05, 4.69) is 49.7 Å². The zero-order chi connectivity index (χ0) is 22.7. The fourth-order valence-corrected chi connectivity index (χ4v) is 5.51. The van der Waals surface area contributed by atoms with Gasteiger partial charge in [0.1, 0.15) is 6.04 Å². The third kappa shape index (κ3) is 3.63. The number of hydrogen-bond donors (Lipinski definition) is 1. The maximum absolute atomic E-state index is 13.1. The van der Waals surface area contributed by atoms with Gasteiger partial charge in [-0.1, -0.05) is 0 Å². The number of piperidine rings is 1. The number of rotatable bonds is 2. The fourth-order valence-electron chi connectivity index (χ4n) is 5.51. The van der Waals surface area contributed by atoms with Gasteiger partial charge in [-0.05, 0) is 59.2 Å². The molecule has 8 heteroatoms. The van der Waals surface area contributed by atoms with Crippen molar-refractivity contribution < 1.29 is 19.2 Å². The molecule has 166 valence electrons.